The molecule has 0 saturated heterocycles. The van der Waals surface area contributed by atoms with Gasteiger partial charge >= 0.3 is 0 Å². The van der Waals surface area contributed by atoms with E-state index in [1.54, 1.807) is 12.1 Å². The topological polar surface area (TPSA) is 55.2 Å². The molecule has 0 spiro atoms. The first-order valence-electron chi connectivity index (χ1n) is 5.68. The molecule has 1 rings (SSSR count). The molecule has 0 aliphatic carbocycles. The Morgan fingerprint density at radius 2 is 2.33 bits per heavy atom. The van der Waals surface area contributed by atoms with Crippen LogP contribution in [0, 0.1) is 22.5 Å². The normalized spacial score (nSPS) is 11.8. The lowest BCUT2D eigenvalue weighted by atomic mass is 10.1. The number of hydrogen-bond acceptors (Lipinski definition) is 3. The largest absolute Gasteiger partial charge is 0.309 e. The third-order valence-corrected chi connectivity index (χ3v) is 3.18. The van der Waals surface area contributed by atoms with Crippen LogP contribution in [0.3, 0.4) is 0 Å². The van der Waals surface area contributed by atoms with Crippen molar-refractivity contribution in [2.24, 2.45) is 0 Å². The summed E-state index contributed by atoms with van der Waals surface area (Å²) in [7, 11) is 0. The molecule has 0 aliphatic heterocycles. The minimum absolute atomic E-state index is 0.118. The van der Waals surface area contributed by atoms with Crippen LogP contribution in [0.15, 0.2) is 22.7 Å². The lowest BCUT2D eigenvalue weighted by Gasteiger charge is -2.14. The van der Waals surface area contributed by atoms with Gasteiger partial charge in [-0.05, 0) is 18.6 Å². The summed E-state index contributed by atoms with van der Waals surface area (Å²) in [6.07, 6.45) is 6.79. The van der Waals surface area contributed by atoms with Crippen molar-refractivity contribution in [2.45, 2.75) is 32.4 Å². The van der Waals surface area contributed by atoms with E-state index in [0.717, 1.165) is 6.42 Å². The number of nitrogens with zero attached hydrogens (tertiary/aromatic N) is 1. The number of hydrogen-bond donors (Lipinski definition) is 1. The van der Waals surface area contributed by atoms with Gasteiger partial charge in [-0.3, -0.25) is 10.1 Å². The summed E-state index contributed by atoms with van der Waals surface area (Å²) in [6, 6.07) is 5.25. The van der Waals surface area contributed by atoms with E-state index >= 15 is 0 Å². The lowest BCUT2D eigenvalue weighted by Crippen LogP contribution is -2.27. The van der Waals surface area contributed by atoms with Gasteiger partial charge in [0.1, 0.15) is 0 Å². The third kappa shape index (κ3) is 4.13. The molecular formula is C13H15BrN2O2. The van der Waals surface area contributed by atoms with Gasteiger partial charge < -0.3 is 5.32 Å². The highest BCUT2D eigenvalue weighted by Gasteiger charge is 2.14. The highest BCUT2D eigenvalue weighted by atomic mass is 79.9. The minimum atomic E-state index is -0.371. The highest BCUT2D eigenvalue weighted by Crippen LogP contribution is 2.23. The molecule has 0 heterocycles. The van der Waals surface area contributed by atoms with Crippen LogP contribution in [-0.4, -0.2) is 11.0 Å². The maximum Gasteiger partial charge on any atom is 0.275 e. The Hall–Kier alpha value is -1.38. The molecule has 1 N–H and O–H groups in total. The molecule has 1 unspecified atom stereocenters. The average Bonchev–Trinajstić information content (AvgIpc) is 2.35. The van der Waals surface area contributed by atoms with Gasteiger partial charge in [0.15, 0.2) is 0 Å². The van der Waals surface area contributed by atoms with E-state index in [-0.39, 0.29) is 16.7 Å². The number of halogens is 1. The van der Waals surface area contributed by atoms with Crippen LogP contribution in [0.4, 0.5) is 5.69 Å². The lowest BCUT2D eigenvalue weighted by molar-refractivity contribution is -0.385. The molecule has 1 aromatic rings. The van der Waals surface area contributed by atoms with Crippen molar-refractivity contribution in [1.29, 1.82) is 0 Å². The fourth-order valence-corrected chi connectivity index (χ4v) is 1.96. The molecule has 4 nitrogen and oxygen atoms in total. The van der Waals surface area contributed by atoms with E-state index in [1.807, 2.05) is 6.92 Å². The number of nitro groups is 1. The molecule has 0 amide bonds. The standard InChI is InChI=1S/C13H15BrN2O2/c1-3-5-12(4-2)15-9-10-6-7-11(14)8-13(10)16(17)18/h1,6-8,12,15H,4-5,9H2,2H3. The Morgan fingerprint density at radius 3 is 2.89 bits per heavy atom. The average molecular weight is 311 g/mol. The van der Waals surface area contributed by atoms with Gasteiger partial charge in [0.2, 0.25) is 0 Å². The zero-order chi connectivity index (χ0) is 13.5. The molecule has 0 fully saturated rings. The first-order valence-corrected chi connectivity index (χ1v) is 6.47. The Bertz CT molecular complexity index is 469. The van der Waals surface area contributed by atoms with Gasteiger partial charge in [-0.25, -0.2) is 0 Å². The van der Waals surface area contributed by atoms with Crippen molar-refractivity contribution in [2.75, 3.05) is 0 Å². The van der Waals surface area contributed by atoms with E-state index in [2.05, 4.69) is 27.2 Å². The van der Waals surface area contributed by atoms with Crippen molar-refractivity contribution < 1.29 is 4.92 Å². The molecule has 5 heteroatoms. The minimum Gasteiger partial charge on any atom is -0.309 e. The molecule has 18 heavy (non-hydrogen) atoms. The number of rotatable bonds is 6. The monoisotopic (exact) mass is 310 g/mol. The predicted molar refractivity (Wildman–Crippen MR) is 75.2 cm³/mol. The Morgan fingerprint density at radius 1 is 1.61 bits per heavy atom. The van der Waals surface area contributed by atoms with Crippen LogP contribution in [0.5, 0.6) is 0 Å². The van der Waals surface area contributed by atoms with Crippen LogP contribution < -0.4 is 5.32 Å². The van der Waals surface area contributed by atoms with E-state index in [0.29, 0.717) is 23.0 Å². The van der Waals surface area contributed by atoms with Crippen molar-refractivity contribution >= 4 is 21.6 Å². The summed E-state index contributed by atoms with van der Waals surface area (Å²) in [5.74, 6) is 2.60. The Kier molecular flexibility index (Phi) is 5.83. The van der Waals surface area contributed by atoms with Crippen LogP contribution in [0.1, 0.15) is 25.3 Å². The van der Waals surface area contributed by atoms with Crippen LogP contribution in [-0.2, 0) is 6.54 Å². The molecular weight excluding hydrogens is 296 g/mol. The SMILES string of the molecule is C#CCC(CC)NCc1ccc(Br)cc1[N+](=O)[O-]. The first-order chi connectivity index (χ1) is 8.58. The quantitative estimate of drug-likeness (QED) is 0.498. The fraction of sp³-hybridized carbons (Fsp3) is 0.385. The molecule has 0 aliphatic rings. The predicted octanol–water partition coefficient (Wildman–Crippen LogP) is 3.25. The summed E-state index contributed by atoms with van der Waals surface area (Å²) in [5.41, 5.74) is 0.783. The molecule has 96 valence electrons. The van der Waals surface area contributed by atoms with E-state index in [4.69, 9.17) is 6.42 Å². The zero-order valence-corrected chi connectivity index (χ0v) is 11.7. The maximum atomic E-state index is 10.9. The first kappa shape index (κ1) is 14.7. The van der Waals surface area contributed by atoms with E-state index < -0.39 is 0 Å². The van der Waals surface area contributed by atoms with Gasteiger partial charge in [-0.15, -0.1) is 12.3 Å². The fourth-order valence-electron chi connectivity index (χ4n) is 1.61. The molecule has 0 saturated carbocycles. The number of terminal acetylenes is 1. The summed E-state index contributed by atoms with van der Waals surface area (Å²) >= 11 is 3.23. The molecule has 0 aromatic heterocycles. The van der Waals surface area contributed by atoms with Crippen molar-refractivity contribution in [3.63, 3.8) is 0 Å². The van der Waals surface area contributed by atoms with Crippen molar-refractivity contribution in [3.8, 4) is 12.3 Å². The van der Waals surface area contributed by atoms with Crippen LogP contribution in [0.2, 0.25) is 0 Å². The summed E-state index contributed by atoms with van der Waals surface area (Å²) < 4.78 is 0.702. The second-order valence-electron chi connectivity index (χ2n) is 3.92. The van der Waals surface area contributed by atoms with Gasteiger partial charge in [-0.2, -0.15) is 0 Å². The summed E-state index contributed by atoms with van der Waals surface area (Å²) in [6.45, 7) is 2.48. The second-order valence-corrected chi connectivity index (χ2v) is 4.84. The van der Waals surface area contributed by atoms with Gasteiger partial charge in [0.25, 0.3) is 5.69 Å². The Labute approximate surface area is 115 Å². The van der Waals surface area contributed by atoms with Gasteiger partial charge in [0, 0.05) is 35.1 Å². The van der Waals surface area contributed by atoms with Crippen LogP contribution in [0.25, 0.3) is 0 Å². The molecule has 1 aromatic carbocycles. The van der Waals surface area contributed by atoms with Gasteiger partial charge in [0.05, 0.1) is 4.92 Å². The van der Waals surface area contributed by atoms with Crippen LogP contribution >= 0.6 is 15.9 Å². The zero-order valence-electron chi connectivity index (χ0n) is 10.1. The number of nitro benzene ring substituents is 1. The molecule has 1 atom stereocenters. The number of benzene rings is 1. The van der Waals surface area contributed by atoms with E-state index in [1.165, 1.54) is 6.07 Å². The summed E-state index contributed by atoms with van der Waals surface area (Å²) in [4.78, 5) is 10.6. The Balaban J connectivity index is 2.78. The third-order valence-electron chi connectivity index (χ3n) is 2.68. The maximum absolute atomic E-state index is 10.9. The molecule has 0 radical (unpaired) electrons. The van der Waals surface area contributed by atoms with E-state index in [9.17, 15) is 10.1 Å². The van der Waals surface area contributed by atoms with Crippen molar-refractivity contribution in [1.82, 2.24) is 5.32 Å². The second kappa shape index (κ2) is 7.14. The summed E-state index contributed by atoms with van der Waals surface area (Å²) in [5, 5.41) is 14.2. The smallest absolute Gasteiger partial charge is 0.275 e. The molecule has 0 bridgehead atoms. The van der Waals surface area contributed by atoms with Gasteiger partial charge in [-0.1, -0.05) is 22.9 Å². The van der Waals surface area contributed by atoms with Crippen molar-refractivity contribution in [3.05, 3.63) is 38.3 Å². The highest BCUT2D eigenvalue weighted by molar-refractivity contribution is 9.10. The number of nitrogens with one attached hydrogen (secondary N) is 1.